The van der Waals surface area contributed by atoms with Crippen LogP contribution in [0.1, 0.15) is 58.9 Å². The molecule has 1 aromatic carbocycles. The van der Waals surface area contributed by atoms with Crippen molar-refractivity contribution in [3.63, 3.8) is 0 Å². The smallest absolute Gasteiger partial charge is 0.222 e. The molecule has 1 saturated heterocycles. The number of likely N-dealkylation sites (tertiary alicyclic amines) is 1. The van der Waals surface area contributed by atoms with Crippen molar-refractivity contribution < 1.29 is 46.1 Å². The minimum absolute atomic E-state index is 0. The van der Waals surface area contributed by atoms with Gasteiger partial charge in [-0.2, -0.15) is 0 Å². The predicted molar refractivity (Wildman–Crippen MR) is 149 cm³/mol. The molecule has 7 heteroatoms. The van der Waals surface area contributed by atoms with Crippen LogP contribution in [-0.2, 0) is 11.2 Å². The Balaban J connectivity index is -0.000000226. The van der Waals surface area contributed by atoms with Gasteiger partial charge in [0.15, 0.2) is 0 Å². The number of hydrogen-bond acceptors (Lipinski definition) is 4. The Morgan fingerprint density at radius 3 is 2.15 bits per heavy atom. The van der Waals surface area contributed by atoms with Crippen LogP contribution in [0.15, 0.2) is 60.1 Å². The number of carbonyl (C=O) groups is 1. The zero-order valence-corrected chi connectivity index (χ0v) is 27.8. The number of benzene rings is 1. The Morgan fingerprint density at radius 2 is 1.71 bits per heavy atom. The summed E-state index contributed by atoms with van der Waals surface area (Å²) in [6, 6.07) is 7.75. The van der Waals surface area contributed by atoms with Gasteiger partial charge in [0.05, 0.1) is 0 Å². The molecule has 1 fully saturated rings. The maximum Gasteiger partial charge on any atom is 0.222 e. The second-order valence-corrected chi connectivity index (χ2v) is 7.64. The predicted octanol–water partition coefficient (Wildman–Crippen LogP) is 6.91. The molecule has 194 valence electrons. The molecule has 4 nitrogen and oxygen atoms in total. The van der Waals surface area contributed by atoms with Gasteiger partial charge in [0, 0.05) is 74.3 Å². The van der Waals surface area contributed by atoms with Gasteiger partial charge in [0.2, 0.25) is 5.91 Å². The van der Waals surface area contributed by atoms with E-state index in [9.17, 15) is 4.79 Å². The van der Waals surface area contributed by atoms with Crippen LogP contribution in [0.5, 0.6) is 0 Å². The Bertz CT molecular complexity index is 649. The van der Waals surface area contributed by atoms with Crippen molar-refractivity contribution in [1.29, 1.82) is 0 Å². The van der Waals surface area contributed by atoms with Crippen LogP contribution in [0.3, 0.4) is 0 Å². The molecule has 2 rings (SSSR count). The molecule has 0 unspecified atom stereocenters. The molecule has 0 aromatic heterocycles. The first kappa shape index (κ1) is 40.7. The fourth-order valence-electron chi connectivity index (χ4n) is 2.72. The van der Waals surface area contributed by atoms with Crippen LogP contribution in [0, 0.1) is 31.1 Å². The molecule has 2 N–H and O–H groups in total. The topological polar surface area (TPSA) is 60.8 Å². The molecule has 1 heterocycles. The molecule has 1 amide bonds. The SMILES string of the molecule is C=C/C=C(\C=C/C)SC.CC.CCO.CO.O=C(CCc1ccccc1Cl)N1CCCCC1.[U]. The first-order valence-corrected chi connectivity index (χ1v) is 13.2. The van der Waals surface area contributed by atoms with E-state index in [1.165, 1.54) is 11.3 Å². The molecule has 0 atom stereocenters. The maximum atomic E-state index is 12.0. The van der Waals surface area contributed by atoms with Gasteiger partial charge in [-0.3, -0.25) is 4.79 Å². The zero-order chi connectivity index (χ0) is 25.9. The van der Waals surface area contributed by atoms with Gasteiger partial charge in [0.1, 0.15) is 0 Å². The Morgan fingerprint density at radius 1 is 1.18 bits per heavy atom. The van der Waals surface area contributed by atoms with Crippen molar-refractivity contribution in [1.82, 2.24) is 4.90 Å². The standard InChI is InChI=1S/C14H18ClNO.C8H12S.C2H6O.C2H6.CH4O.U/c15-13-7-3-2-6-12(13)8-9-14(17)16-10-4-1-5-11-16;1-4-6-8(9-3)7-5-2;1-2-3;2*1-2;/h2-3,6-7H,1,4-5,8-11H2;4-7H,1H2,2-3H3;3H,2H2,1H3;1-2H3;2H,1H3;/b;7-5-,8-6+;;;;. The zero-order valence-electron chi connectivity index (χ0n) is 22.0. The molecule has 0 spiro atoms. The van der Waals surface area contributed by atoms with Crippen LogP contribution >= 0.6 is 23.4 Å². The number of rotatable bonds is 6. The monoisotopic (exact) mass is 737 g/mol. The fourth-order valence-corrected chi connectivity index (χ4v) is 3.45. The largest absolute Gasteiger partial charge is 0.400 e. The van der Waals surface area contributed by atoms with Gasteiger partial charge >= 0.3 is 0 Å². The number of aliphatic hydroxyl groups excluding tert-OH is 2. The number of thioether (sulfide) groups is 1. The van der Waals surface area contributed by atoms with Gasteiger partial charge in [-0.05, 0) is 63.5 Å². The van der Waals surface area contributed by atoms with Gasteiger partial charge in [-0.1, -0.05) is 68.5 Å². The van der Waals surface area contributed by atoms with Crippen molar-refractivity contribution in [3.05, 3.63) is 70.6 Å². The van der Waals surface area contributed by atoms with E-state index in [4.69, 9.17) is 21.8 Å². The number of aryl methyl sites for hydroxylation is 1. The fraction of sp³-hybridized carbons (Fsp3) is 0.519. The summed E-state index contributed by atoms with van der Waals surface area (Å²) < 4.78 is 0. The van der Waals surface area contributed by atoms with Gasteiger partial charge < -0.3 is 15.1 Å². The minimum atomic E-state index is 0. The second-order valence-electron chi connectivity index (χ2n) is 6.36. The van der Waals surface area contributed by atoms with Crippen LogP contribution in [0.25, 0.3) is 0 Å². The summed E-state index contributed by atoms with van der Waals surface area (Å²) in [5.41, 5.74) is 1.07. The molecule has 0 saturated carbocycles. The van der Waals surface area contributed by atoms with E-state index in [2.05, 4.69) is 18.9 Å². The third-order valence-corrected chi connectivity index (χ3v) is 5.24. The van der Waals surface area contributed by atoms with Crippen molar-refractivity contribution >= 4 is 29.3 Å². The van der Waals surface area contributed by atoms with E-state index in [-0.39, 0.29) is 43.6 Å². The number of amides is 1. The third-order valence-electron chi connectivity index (χ3n) is 4.12. The van der Waals surface area contributed by atoms with Crippen molar-refractivity contribution in [2.75, 3.05) is 33.1 Å². The van der Waals surface area contributed by atoms with E-state index in [1.54, 1.807) is 24.8 Å². The van der Waals surface area contributed by atoms with E-state index in [1.807, 2.05) is 62.1 Å². The minimum Gasteiger partial charge on any atom is -0.400 e. The average Bonchev–Trinajstić information content (AvgIpc) is 2.87. The molecule has 1 aliphatic rings. The van der Waals surface area contributed by atoms with Gasteiger partial charge in [-0.25, -0.2) is 0 Å². The summed E-state index contributed by atoms with van der Waals surface area (Å²) >= 11 is 7.79. The van der Waals surface area contributed by atoms with Crippen molar-refractivity contribution in [2.24, 2.45) is 0 Å². The second kappa shape index (κ2) is 32.5. The van der Waals surface area contributed by atoms with Crippen LogP contribution < -0.4 is 0 Å². The molecule has 1 aromatic rings. The maximum absolute atomic E-state index is 12.0. The summed E-state index contributed by atoms with van der Waals surface area (Å²) in [7, 11) is 1.00. The molecule has 0 bridgehead atoms. The molecule has 0 aliphatic carbocycles. The number of halogens is 1. The van der Waals surface area contributed by atoms with E-state index in [0.29, 0.717) is 6.42 Å². The average molecular weight is 738 g/mol. The number of carbonyl (C=O) groups excluding carboxylic acids is 1. The Kier molecular flexibility index (Phi) is 38.9. The third kappa shape index (κ3) is 23.3. The van der Waals surface area contributed by atoms with Crippen molar-refractivity contribution in [2.45, 2.75) is 59.8 Å². The summed E-state index contributed by atoms with van der Waals surface area (Å²) in [5.74, 6) is 0.268. The van der Waals surface area contributed by atoms with Crippen LogP contribution in [0.2, 0.25) is 5.02 Å². The first-order chi connectivity index (χ1) is 16.0. The normalized spacial score (nSPS) is 12.1. The summed E-state index contributed by atoms with van der Waals surface area (Å²) in [6.45, 7) is 13.4. The molecular formula is C27H46ClNO3SU. The summed E-state index contributed by atoms with van der Waals surface area (Å²) in [5, 5.41) is 15.3. The number of aliphatic hydroxyl groups is 2. The Hall–Kier alpha value is -0.478. The van der Waals surface area contributed by atoms with E-state index < -0.39 is 0 Å². The van der Waals surface area contributed by atoms with Gasteiger partial charge in [-0.15, -0.1) is 11.8 Å². The molecule has 34 heavy (non-hydrogen) atoms. The molecular weight excluding hydrogens is 692 g/mol. The Labute approximate surface area is 242 Å². The quantitative estimate of drug-likeness (QED) is 0.312. The van der Waals surface area contributed by atoms with E-state index in [0.717, 1.165) is 50.0 Å². The first-order valence-electron chi connectivity index (χ1n) is 11.6. The number of nitrogens with zero attached hydrogens (tertiary/aromatic N) is 1. The van der Waals surface area contributed by atoms with E-state index >= 15 is 0 Å². The molecule has 1 aliphatic heterocycles. The summed E-state index contributed by atoms with van der Waals surface area (Å²) in [6.07, 6.45) is 14.8. The summed E-state index contributed by atoms with van der Waals surface area (Å²) in [4.78, 5) is 15.2. The van der Waals surface area contributed by atoms with Crippen LogP contribution in [0.4, 0.5) is 0 Å². The number of allylic oxidation sites excluding steroid dienone is 4. The molecule has 0 radical (unpaired) electrons. The van der Waals surface area contributed by atoms with Crippen LogP contribution in [-0.4, -0.2) is 54.1 Å². The number of hydrogen-bond donors (Lipinski definition) is 2. The number of piperidine rings is 1. The van der Waals surface area contributed by atoms with Gasteiger partial charge in [0.25, 0.3) is 0 Å². The van der Waals surface area contributed by atoms with Crippen molar-refractivity contribution in [3.8, 4) is 0 Å².